The highest BCUT2D eigenvalue weighted by Gasteiger charge is 2.23. The monoisotopic (exact) mass is 350 g/mol. The van der Waals surface area contributed by atoms with Crippen LogP contribution < -0.4 is 10.6 Å². The highest BCUT2D eigenvalue weighted by molar-refractivity contribution is 9.10. The first kappa shape index (κ1) is 16.4. The second-order valence-electron chi connectivity index (χ2n) is 4.67. The average molecular weight is 352 g/mol. The van der Waals surface area contributed by atoms with Gasteiger partial charge in [-0.15, -0.1) is 12.4 Å². The summed E-state index contributed by atoms with van der Waals surface area (Å²) in [5, 5.41) is 6.30. The molecule has 106 valence electrons. The van der Waals surface area contributed by atoms with Gasteiger partial charge in [0.15, 0.2) is 0 Å². The van der Waals surface area contributed by atoms with Gasteiger partial charge < -0.3 is 10.6 Å². The molecule has 0 radical (unpaired) electrons. The normalized spacial score (nSPS) is 22.5. The van der Waals surface area contributed by atoms with Crippen molar-refractivity contribution in [2.45, 2.75) is 19.4 Å². The van der Waals surface area contributed by atoms with Crippen molar-refractivity contribution in [3.8, 4) is 0 Å². The molecule has 1 saturated heterocycles. The summed E-state index contributed by atoms with van der Waals surface area (Å²) in [6.07, 6.45) is 0.922. The highest BCUT2D eigenvalue weighted by atomic mass is 79.9. The topological polar surface area (TPSA) is 41.1 Å². The number of carbonyl (C=O) groups excluding carboxylic acids is 1. The lowest BCUT2D eigenvalue weighted by Crippen LogP contribution is -2.48. The van der Waals surface area contributed by atoms with Crippen molar-refractivity contribution >= 4 is 34.2 Å². The number of piperidine rings is 1. The Kier molecular flexibility index (Phi) is 6.23. The van der Waals surface area contributed by atoms with Crippen LogP contribution >= 0.6 is 28.3 Å². The highest BCUT2D eigenvalue weighted by Crippen LogP contribution is 2.19. The van der Waals surface area contributed by atoms with Gasteiger partial charge in [-0.2, -0.15) is 0 Å². The molecular formula is C13H17BrClFN2O. The Balaban J connectivity index is 0.00000180. The maximum absolute atomic E-state index is 13.0. The quantitative estimate of drug-likeness (QED) is 0.860. The lowest BCUT2D eigenvalue weighted by molar-refractivity contribution is 0.0913. The van der Waals surface area contributed by atoms with E-state index in [9.17, 15) is 9.18 Å². The molecule has 1 aromatic rings. The number of hydrogen-bond donors (Lipinski definition) is 2. The molecule has 1 amide bonds. The van der Waals surface area contributed by atoms with Gasteiger partial charge in [-0.1, -0.05) is 6.92 Å². The second kappa shape index (κ2) is 7.22. The molecule has 2 N–H and O–H groups in total. The molecule has 0 saturated carbocycles. The largest absolute Gasteiger partial charge is 0.349 e. The first-order valence-corrected chi connectivity index (χ1v) is 6.84. The van der Waals surface area contributed by atoms with E-state index in [1.807, 2.05) is 0 Å². The molecule has 1 heterocycles. The SMILES string of the molecule is CC1CNCCC1NC(=O)c1ccc(F)cc1Br.Cl. The van der Waals surface area contributed by atoms with Crippen LogP contribution in [0.2, 0.25) is 0 Å². The molecule has 19 heavy (non-hydrogen) atoms. The standard InChI is InChI=1S/C13H16BrFN2O.ClH/c1-8-7-16-5-4-12(8)17-13(18)10-3-2-9(15)6-11(10)14;/h2-3,6,8,12,16H,4-5,7H2,1H3,(H,17,18);1H. The van der Waals surface area contributed by atoms with Gasteiger partial charge in [0, 0.05) is 10.5 Å². The Labute approximate surface area is 126 Å². The van der Waals surface area contributed by atoms with Crippen LogP contribution in [-0.4, -0.2) is 25.0 Å². The van der Waals surface area contributed by atoms with Crippen molar-refractivity contribution < 1.29 is 9.18 Å². The van der Waals surface area contributed by atoms with Gasteiger partial charge in [0.1, 0.15) is 5.82 Å². The summed E-state index contributed by atoms with van der Waals surface area (Å²) >= 11 is 3.21. The Morgan fingerprint density at radius 2 is 2.26 bits per heavy atom. The van der Waals surface area contributed by atoms with Crippen LogP contribution in [0.3, 0.4) is 0 Å². The maximum Gasteiger partial charge on any atom is 0.252 e. The molecule has 0 aromatic heterocycles. The van der Waals surface area contributed by atoms with Crippen molar-refractivity contribution in [1.82, 2.24) is 10.6 Å². The van der Waals surface area contributed by atoms with Crippen LogP contribution in [0, 0.1) is 11.7 Å². The van der Waals surface area contributed by atoms with Gasteiger partial charge >= 0.3 is 0 Å². The Hall–Kier alpha value is -0.650. The number of nitrogens with one attached hydrogen (secondary N) is 2. The second-order valence-corrected chi connectivity index (χ2v) is 5.53. The first-order chi connectivity index (χ1) is 8.58. The van der Waals surface area contributed by atoms with E-state index >= 15 is 0 Å². The third-order valence-corrected chi connectivity index (χ3v) is 3.93. The third kappa shape index (κ3) is 4.16. The zero-order chi connectivity index (χ0) is 13.1. The van der Waals surface area contributed by atoms with E-state index in [2.05, 4.69) is 33.5 Å². The van der Waals surface area contributed by atoms with E-state index in [1.54, 1.807) is 0 Å². The van der Waals surface area contributed by atoms with Crippen molar-refractivity contribution in [3.63, 3.8) is 0 Å². The fourth-order valence-electron chi connectivity index (χ4n) is 2.15. The number of rotatable bonds is 2. The summed E-state index contributed by atoms with van der Waals surface area (Å²) in [5.41, 5.74) is 0.474. The van der Waals surface area contributed by atoms with Gasteiger partial charge in [-0.25, -0.2) is 4.39 Å². The van der Waals surface area contributed by atoms with E-state index in [1.165, 1.54) is 18.2 Å². The minimum Gasteiger partial charge on any atom is -0.349 e. The third-order valence-electron chi connectivity index (χ3n) is 3.28. The summed E-state index contributed by atoms with van der Waals surface area (Å²) < 4.78 is 13.4. The Bertz CT molecular complexity index is 458. The van der Waals surface area contributed by atoms with Crippen LogP contribution in [0.1, 0.15) is 23.7 Å². The van der Waals surface area contributed by atoms with Gasteiger partial charge in [0.2, 0.25) is 0 Å². The van der Waals surface area contributed by atoms with Gasteiger partial charge in [-0.05, 0) is 59.6 Å². The summed E-state index contributed by atoms with van der Waals surface area (Å²) in [6, 6.07) is 4.28. The molecule has 2 atom stereocenters. The molecule has 0 aliphatic carbocycles. The molecular weight excluding hydrogens is 335 g/mol. The molecule has 2 unspecified atom stereocenters. The lowest BCUT2D eigenvalue weighted by Gasteiger charge is -2.30. The predicted molar refractivity (Wildman–Crippen MR) is 79.3 cm³/mol. The van der Waals surface area contributed by atoms with Crippen LogP contribution in [0.25, 0.3) is 0 Å². The zero-order valence-corrected chi connectivity index (χ0v) is 13.0. The van der Waals surface area contributed by atoms with Crippen LogP contribution in [0.15, 0.2) is 22.7 Å². The number of amides is 1. The van der Waals surface area contributed by atoms with E-state index < -0.39 is 0 Å². The minimum absolute atomic E-state index is 0. The molecule has 1 fully saturated rings. The molecule has 0 spiro atoms. The molecule has 1 aliphatic heterocycles. The van der Waals surface area contributed by atoms with Crippen LogP contribution in [-0.2, 0) is 0 Å². The minimum atomic E-state index is -0.353. The molecule has 1 aliphatic rings. The summed E-state index contributed by atoms with van der Waals surface area (Å²) in [5.74, 6) is -0.101. The Morgan fingerprint density at radius 1 is 1.53 bits per heavy atom. The fraction of sp³-hybridized carbons (Fsp3) is 0.462. The van der Waals surface area contributed by atoms with Gasteiger partial charge in [0.05, 0.1) is 5.56 Å². The van der Waals surface area contributed by atoms with Crippen molar-refractivity contribution in [2.24, 2.45) is 5.92 Å². The van der Waals surface area contributed by atoms with Gasteiger partial charge in [-0.3, -0.25) is 4.79 Å². The number of halogens is 3. The van der Waals surface area contributed by atoms with E-state index in [4.69, 9.17) is 0 Å². The van der Waals surface area contributed by atoms with E-state index in [0.717, 1.165) is 19.5 Å². The summed E-state index contributed by atoms with van der Waals surface area (Å²) in [6.45, 7) is 3.94. The maximum atomic E-state index is 13.0. The molecule has 6 heteroatoms. The number of carbonyl (C=O) groups is 1. The summed E-state index contributed by atoms with van der Waals surface area (Å²) in [7, 11) is 0. The van der Waals surface area contributed by atoms with E-state index in [0.29, 0.717) is 16.0 Å². The van der Waals surface area contributed by atoms with Crippen molar-refractivity contribution in [2.75, 3.05) is 13.1 Å². The summed E-state index contributed by atoms with van der Waals surface area (Å²) in [4.78, 5) is 12.1. The molecule has 1 aromatic carbocycles. The zero-order valence-electron chi connectivity index (χ0n) is 10.6. The van der Waals surface area contributed by atoms with Crippen molar-refractivity contribution in [1.29, 1.82) is 0 Å². The molecule has 0 bridgehead atoms. The predicted octanol–water partition coefficient (Wildman–Crippen LogP) is 2.74. The van der Waals surface area contributed by atoms with E-state index in [-0.39, 0.29) is 30.2 Å². The number of hydrogen-bond acceptors (Lipinski definition) is 2. The van der Waals surface area contributed by atoms with Gasteiger partial charge in [0.25, 0.3) is 5.91 Å². The Morgan fingerprint density at radius 3 is 2.89 bits per heavy atom. The average Bonchev–Trinajstić information content (AvgIpc) is 2.32. The first-order valence-electron chi connectivity index (χ1n) is 6.04. The van der Waals surface area contributed by atoms with Crippen LogP contribution in [0.4, 0.5) is 4.39 Å². The molecule has 3 nitrogen and oxygen atoms in total. The van der Waals surface area contributed by atoms with Crippen molar-refractivity contribution in [3.05, 3.63) is 34.1 Å². The lowest BCUT2D eigenvalue weighted by atomic mass is 9.95. The molecule has 2 rings (SSSR count). The van der Waals surface area contributed by atoms with Crippen LogP contribution in [0.5, 0.6) is 0 Å². The fourth-order valence-corrected chi connectivity index (χ4v) is 2.68. The smallest absolute Gasteiger partial charge is 0.252 e. The number of benzene rings is 1.